The van der Waals surface area contributed by atoms with Crippen LogP contribution in [0.15, 0.2) is 102 Å². The zero-order valence-corrected chi connectivity index (χ0v) is 44.2. The van der Waals surface area contributed by atoms with E-state index in [1.165, 1.54) is 51.4 Å². The molecule has 0 atom stereocenters. The normalized spacial score (nSPS) is 11.3. The number of hydrogen-bond acceptors (Lipinski definition) is 11. The lowest BCUT2D eigenvalue weighted by molar-refractivity contribution is 0.0735. The van der Waals surface area contributed by atoms with E-state index in [4.69, 9.17) is 38.4 Å². The summed E-state index contributed by atoms with van der Waals surface area (Å²) in [6, 6.07) is 29.2. The number of hydrogen-bond donors (Lipinski definition) is 1. The quantitative estimate of drug-likeness (QED) is 0.0180. The van der Waals surface area contributed by atoms with Gasteiger partial charge in [0.25, 0.3) is 0 Å². The van der Waals surface area contributed by atoms with Crippen molar-refractivity contribution in [2.75, 3.05) is 33.0 Å². The van der Waals surface area contributed by atoms with Crippen molar-refractivity contribution in [3.8, 4) is 62.8 Å². The van der Waals surface area contributed by atoms with Crippen LogP contribution in [0, 0.1) is 0 Å². The number of rotatable bonds is 34. The topological polar surface area (TPSA) is 131 Å². The molecule has 1 N–H and O–H groups in total. The Hall–Kier alpha value is -6.62. The second-order valence-corrected chi connectivity index (χ2v) is 18.7. The summed E-state index contributed by atoms with van der Waals surface area (Å²) in [6.07, 6.45) is 22.0. The molecule has 1 aromatic heterocycles. The molecule has 0 amide bonds. The van der Waals surface area contributed by atoms with Gasteiger partial charge in [-0.15, -0.1) is 0 Å². The predicted octanol–water partition coefficient (Wildman–Crippen LogP) is 16.7. The van der Waals surface area contributed by atoms with Crippen LogP contribution in [-0.4, -0.2) is 60.3 Å². The molecule has 0 bridgehead atoms. The minimum Gasteiger partial charge on any atom is -0.506 e. The Morgan fingerprint density at radius 1 is 0.466 bits per heavy atom. The van der Waals surface area contributed by atoms with Gasteiger partial charge in [0.05, 0.1) is 61.0 Å². The fourth-order valence-corrected chi connectivity index (χ4v) is 8.08. The van der Waals surface area contributed by atoms with Gasteiger partial charge in [0.1, 0.15) is 22.9 Å². The maximum absolute atomic E-state index is 13.7. The number of benzene rings is 5. The Kier molecular flexibility index (Phi) is 23.7. The lowest BCUT2D eigenvalue weighted by atomic mass is 10.0. The molecule has 0 radical (unpaired) electrons. The fourth-order valence-electron chi connectivity index (χ4n) is 8.08. The Balaban J connectivity index is 1.18. The highest BCUT2D eigenvalue weighted by atomic mass is 16.5. The highest BCUT2D eigenvalue weighted by molar-refractivity contribution is 5.96. The number of esters is 1. The van der Waals surface area contributed by atoms with Crippen molar-refractivity contribution in [1.82, 2.24) is 9.97 Å². The lowest BCUT2D eigenvalue weighted by Crippen LogP contribution is -2.09. The van der Waals surface area contributed by atoms with Gasteiger partial charge in [0.15, 0.2) is 23.0 Å². The predicted molar refractivity (Wildman–Crippen MR) is 296 cm³/mol. The van der Waals surface area contributed by atoms with E-state index in [0.717, 1.165) is 80.9 Å². The first kappa shape index (κ1) is 55.7. The highest BCUT2D eigenvalue weighted by Crippen LogP contribution is 2.40. The molecule has 73 heavy (non-hydrogen) atoms. The number of carbonyl (C=O) groups excluding carboxylic acids is 1. The molecule has 0 aliphatic rings. The van der Waals surface area contributed by atoms with E-state index < -0.39 is 5.97 Å². The average Bonchev–Trinajstić information content (AvgIpc) is 3.40. The summed E-state index contributed by atoms with van der Waals surface area (Å²) in [7, 11) is 0. The van der Waals surface area contributed by atoms with Crippen molar-refractivity contribution < 1.29 is 38.3 Å². The van der Waals surface area contributed by atoms with E-state index in [1.54, 1.807) is 60.8 Å². The van der Waals surface area contributed by atoms with Gasteiger partial charge in [-0.05, 0) is 129 Å². The standard InChI is InChI=1S/C62H79N3O8/c1-6-11-16-17-18-19-20-21-22-23-40-68-51-31-33-53(55(66)44-51)63-45-46-24-29-50(30-25-46)73-62(67)49-26-32-52-54(41-49)65-61(48-28-35-57(70-37-13-8-3)59(43-48)72-39-15-10-5)60(64-52)47-27-34-56(69-36-12-7-2)58(42-47)71-38-14-9-4/h24-35,41-45,66H,6-23,36-40H2,1-5H3. The minimum atomic E-state index is -0.538. The number of aliphatic imine (C=N–C) groups is 1. The van der Waals surface area contributed by atoms with Gasteiger partial charge in [-0.25, -0.2) is 14.8 Å². The third kappa shape index (κ3) is 17.8. The molecule has 0 aliphatic carbocycles. The van der Waals surface area contributed by atoms with Crippen molar-refractivity contribution in [3.63, 3.8) is 0 Å². The molecule has 11 nitrogen and oxygen atoms in total. The molecule has 6 aromatic rings. The first-order chi connectivity index (χ1) is 35.8. The van der Waals surface area contributed by atoms with Crippen LogP contribution in [-0.2, 0) is 0 Å². The highest BCUT2D eigenvalue weighted by Gasteiger charge is 2.20. The summed E-state index contributed by atoms with van der Waals surface area (Å²) in [5, 5.41) is 10.7. The number of phenols is 1. The smallest absolute Gasteiger partial charge is 0.343 e. The van der Waals surface area contributed by atoms with Gasteiger partial charge < -0.3 is 33.5 Å². The van der Waals surface area contributed by atoms with E-state index in [1.807, 2.05) is 42.5 Å². The Morgan fingerprint density at radius 2 is 0.945 bits per heavy atom. The van der Waals surface area contributed by atoms with Gasteiger partial charge in [0, 0.05) is 23.4 Å². The van der Waals surface area contributed by atoms with Gasteiger partial charge in [-0.2, -0.15) is 0 Å². The molecule has 0 unspecified atom stereocenters. The summed E-state index contributed by atoms with van der Waals surface area (Å²) >= 11 is 0. The molecule has 0 fully saturated rings. The fraction of sp³-hybridized carbons (Fsp3) is 0.452. The number of unbranched alkanes of at least 4 members (excludes halogenated alkanes) is 13. The van der Waals surface area contributed by atoms with Crippen LogP contribution in [0.4, 0.5) is 5.69 Å². The molecule has 0 spiro atoms. The van der Waals surface area contributed by atoms with Crippen LogP contribution in [0.2, 0.25) is 0 Å². The van der Waals surface area contributed by atoms with Crippen molar-refractivity contribution in [2.24, 2.45) is 4.99 Å². The maximum atomic E-state index is 13.7. The summed E-state index contributed by atoms with van der Waals surface area (Å²) in [6.45, 7) is 13.7. The number of aromatic hydroxyl groups is 1. The van der Waals surface area contributed by atoms with Crippen molar-refractivity contribution in [3.05, 3.63) is 108 Å². The zero-order chi connectivity index (χ0) is 51.5. The maximum Gasteiger partial charge on any atom is 0.343 e. The molecular formula is C62H79N3O8. The number of fused-ring (bicyclic) bond motifs is 1. The van der Waals surface area contributed by atoms with E-state index in [2.05, 4.69) is 39.6 Å². The van der Waals surface area contributed by atoms with Gasteiger partial charge in [-0.3, -0.25) is 4.99 Å². The SMILES string of the molecule is CCCCCCCCCCCCOc1ccc(N=Cc2ccc(OC(=O)c3ccc4nc(-c5ccc(OCCCC)c(OCCCC)c5)c(-c5ccc(OCCCC)c(OCCCC)c5)nc4c3)cc2)c(O)c1. The van der Waals surface area contributed by atoms with Gasteiger partial charge >= 0.3 is 5.97 Å². The molecule has 0 saturated heterocycles. The van der Waals surface area contributed by atoms with E-state index >= 15 is 0 Å². The van der Waals surface area contributed by atoms with Crippen molar-refractivity contribution in [2.45, 2.75) is 150 Å². The number of phenolic OH excluding ortho intramolecular Hbond substituents is 1. The van der Waals surface area contributed by atoms with Gasteiger partial charge in [-0.1, -0.05) is 118 Å². The Morgan fingerprint density at radius 3 is 1.48 bits per heavy atom. The van der Waals surface area contributed by atoms with Crippen molar-refractivity contribution >= 4 is 28.9 Å². The summed E-state index contributed by atoms with van der Waals surface area (Å²) < 4.78 is 36.8. The number of carbonyl (C=O) groups is 1. The van der Waals surface area contributed by atoms with Gasteiger partial charge in [0.2, 0.25) is 0 Å². The lowest BCUT2D eigenvalue weighted by Gasteiger charge is -2.17. The Bertz CT molecular complexity index is 2630. The largest absolute Gasteiger partial charge is 0.506 e. The summed E-state index contributed by atoms with van der Waals surface area (Å²) in [5.74, 6) is 3.16. The summed E-state index contributed by atoms with van der Waals surface area (Å²) in [4.78, 5) is 28.7. The van der Waals surface area contributed by atoms with Crippen LogP contribution >= 0.6 is 0 Å². The van der Waals surface area contributed by atoms with E-state index in [0.29, 0.717) is 101 Å². The van der Waals surface area contributed by atoms with E-state index in [-0.39, 0.29) is 5.75 Å². The molecule has 0 aliphatic heterocycles. The molecule has 390 valence electrons. The second kappa shape index (κ2) is 31.1. The van der Waals surface area contributed by atoms with Crippen LogP contribution in [0.25, 0.3) is 33.5 Å². The van der Waals surface area contributed by atoms with Crippen LogP contribution in [0.5, 0.6) is 40.2 Å². The summed E-state index contributed by atoms with van der Waals surface area (Å²) in [5.41, 5.74) is 5.47. The number of ether oxygens (including phenoxy) is 6. The van der Waals surface area contributed by atoms with E-state index in [9.17, 15) is 9.90 Å². The molecule has 1 heterocycles. The molecular weight excluding hydrogens is 915 g/mol. The second-order valence-electron chi connectivity index (χ2n) is 18.7. The minimum absolute atomic E-state index is 0.0424. The van der Waals surface area contributed by atoms with Crippen LogP contribution in [0.1, 0.15) is 166 Å². The zero-order valence-electron chi connectivity index (χ0n) is 44.2. The number of aromatic nitrogens is 2. The molecule has 5 aromatic carbocycles. The first-order valence-electron chi connectivity index (χ1n) is 27.3. The van der Waals surface area contributed by atoms with Crippen molar-refractivity contribution in [1.29, 1.82) is 0 Å². The monoisotopic (exact) mass is 994 g/mol. The molecule has 6 rings (SSSR count). The molecule has 0 saturated carbocycles. The number of nitrogens with zero attached hydrogens (tertiary/aromatic N) is 3. The molecule has 11 heteroatoms. The average molecular weight is 994 g/mol. The third-order valence-electron chi connectivity index (χ3n) is 12.5. The Labute approximate surface area is 434 Å². The van der Waals surface area contributed by atoms with Crippen LogP contribution < -0.4 is 28.4 Å². The van der Waals surface area contributed by atoms with Crippen LogP contribution in [0.3, 0.4) is 0 Å². The third-order valence-corrected chi connectivity index (χ3v) is 12.5. The first-order valence-corrected chi connectivity index (χ1v) is 27.3.